The molecule has 0 amide bonds. The number of ether oxygens (including phenoxy) is 2. The zero-order valence-electron chi connectivity index (χ0n) is 16.8. The third-order valence-electron chi connectivity index (χ3n) is 4.12. The van der Waals surface area contributed by atoms with Crippen molar-refractivity contribution in [1.82, 2.24) is 9.78 Å². The molecule has 1 aromatic carbocycles. The molecule has 0 aliphatic heterocycles. The Morgan fingerprint density at radius 2 is 1.81 bits per heavy atom. The van der Waals surface area contributed by atoms with Crippen LogP contribution in [0.3, 0.4) is 0 Å². The number of hydrogen-bond donors (Lipinski definition) is 0. The number of rotatable bonds is 8. The van der Waals surface area contributed by atoms with Crippen molar-refractivity contribution < 1.29 is 13.9 Å². The van der Waals surface area contributed by atoms with Crippen LogP contribution in [0.1, 0.15) is 57.2 Å². The van der Waals surface area contributed by atoms with Gasteiger partial charge in [-0.15, -0.1) is 0 Å². The van der Waals surface area contributed by atoms with Crippen molar-refractivity contribution in [3.8, 4) is 5.75 Å². The highest BCUT2D eigenvalue weighted by molar-refractivity contribution is 5.29. The van der Waals surface area contributed by atoms with Crippen LogP contribution in [0.4, 0.5) is 4.39 Å². The van der Waals surface area contributed by atoms with Crippen LogP contribution in [0.2, 0.25) is 0 Å². The lowest BCUT2D eigenvalue weighted by atomic mass is 9.99. The summed E-state index contributed by atoms with van der Waals surface area (Å²) in [6, 6.07) is 7.44. The number of aromatic nitrogens is 2. The highest BCUT2D eigenvalue weighted by atomic mass is 19.1. The Morgan fingerprint density at radius 3 is 2.37 bits per heavy atom. The van der Waals surface area contributed by atoms with Gasteiger partial charge in [0.15, 0.2) is 0 Å². The number of alkyl halides is 1. The lowest BCUT2D eigenvalue weighted by Crippen LogP contribution is -2.38. The summed E-state index contributed by atoms with van der Waals surface area (Å²) < 4.78 is 24.6. The summed E-state index contributed by atoms with van der Waals surface area (Å²) in [6.45, 7) is 10.1. The van der Waals surface area contributed by atoms with Gasteiger partial charge >= 0.3 is 0 Å². The van der Waals surface area contributed by atoms with Crippen molar-refractivity contribution in [1.29, 1.82) is 0 Å². The van der Waals surface area contributed by atoms with E-state index in [0.717, 1.165) is 16.7 Å². The molecule has 0 saturated carbocycles. The Labute approximate surface area is 160 Å². The Morgan fingerprint density at radius 1 is 1.15 bits per heavy atom. The van der Waals surface area contributed by atoms with Gasteiger partial charge in [-0.1, -0.05) is 26.0 Å². The molecule has 2 aromatic rings. The van der Waals surface area contributed by atoms with E-state index >= 15 is 0 Å². The van der Waals surface area contributed by atoms with Gasteiger partial charge in [0.05, 0.1) is 24.9 Å². The highest BCUT2D eigenvalue weighted by Gasteiger charge is 2.21. The molecule has 0 fully saturated rings. The van der Waals surface area contributed by atoms with E-state index in [1.54, 1.807) is 6.20 Å². The van der Waals surface area contributed by atoms with Crippen LogP contribution in [0.15, 0.2) is 35.3 Å². The minimum Gasteiger partial charge on any atom is -0.489 e. The van der Waals surface area contributed by atoms with Crippen LogP contribution in [0, 0.1) is 0 Å². The van der Waals surface area contributed by atoms with Crippen LogP contribution in [0.25, 0.3) is 0 Å². The number of nitrogens with zero attached hydrogens (tertiary/aromatic N) is 2. The third-order valence-corrected chi connectivity index (χ3v) is 4.12. The van der Waals surface area contributed by atoms with E-state index in [9.17, 15) is 9.18 Å². The van der Waals surface area contributed by atoms with E-state index in [4.69, 9.17) is 9.47 Å². The Bertz CT molecular complexity index is 793. The van der Waals surface area contributed by atoms with Crippen molar-refractivity contribution in [2.24, 2.45) is 0 Å². The molecule has 1 aromatic heterocycles. The van der Waals surface area contributed by atoms with E-state index in [-0.39, 0.29) is 30.2 Å². The van der Waals surface area contributed by atoms with Crippen molar-refractivity contribution in [3.05, 3.63) is 57.5 Å². The van der Waals surface area contributed by atoms with E-state index < -0.39 is 6.67 Å². The summed E-state index contributed by atoms with van der Waals surface area (Å²) in [7, 11) is 0. The minimum absolute atomic E-state index is 0.0704. The molecule has 0 aliphatic carbocycles. The van der Waals surface area contributed by atoms with Gasteiger partial charge in [-0.2, -0.15) is 5.10 Å². The average molecular weight is 376 g/mol. The summed E-state index contributed by atoms with van der Waals surface area (Å²) >= 11 is 0. The molecule has 0 saturated heterocycles. The maximum atomic E-state index is 12.9. The van der Waals surface area contributed by atoms with Crippen LogP contribution in [-0.2, 0) is 23.5 Å². The standard InChI is InChI=1S/C21H29FN2O3/c1-15(2)19-17(12-23-24(20(19)25)21(3,4)5)14-27-18-8-6-16(7-9-18)13-26-11-10-22/h6-9,12,15H,10-11,13-14H2,1-5H3. The second kappa shape index (κ2) is 9.13. The molecule has 0 unspecified atom stereocenters. The van der Waals surface area contributed by atoms with Gasteiger partial charge in [-0.25, -0.2) is 9.07 Å². The third kappa shape index (κ3) is 5.63. The first-order valence-corrected chi connectivity index (χ1v) is 9.21. The van der Waals surface area contributed by atoms with E-state index in [1.807, 2.05) is 58.9 Å². The predicted octanol–water partition coefficient (Wildman–Crippen LogP) is 4.19. The fourth-order valence-electron chi connectivity index (χ4n) is 2.80. The van der Waals surface area contributed by atoms with Crippen LogP contribution >= 0.6 is 0 Å². The summed E-state index contributed by atoms with van der Waals surface area (Å²) in [5, 5.41) is 4.34. The van der Waals surface area contributed by atoms with Gasteiger partial charge in [0.1, 0.15) is 19.0 Å². The molecule has 148 valence electrons. The fourth-order valence-corrected chi connectivity index (χ4v) is 2.80. The van der Waals surface area contributed by atoms with Gasteiger partial charge in [0.25, 0.3) is 5.56 Å². The Balaban J connectivity index is 2.13. The molecule has 1 heterocycles. The quantitative estimate of drug-likeness (QED) is 0.649. The lowest BCUT2D eigenvalue weighted by Gasteiger charge is -2.23. The summed E-state index contributed by atoms with van der Waals surface area (Å²) in [4.78, 5) is 12.9. The van der Waals surface area contributed by atoms with Gasteiger partial charge in [0.2, 0.25) is 0 Å². The topological polar surface area (TPSA) is 53.4 Å². The Hall–Kier alpha value is -2.21. The second-order valence-electron chi connectivity index (χ2n) is 7.80. The van der Waals surface area contributed by atoms with Crippen molar-refractivity contribution >= 4 is 0 Å². The largest absolute Gasteiger partial charge is 0.489 e. The van der Waals surface area contributed by atoms with Crippen molar-refractivity contribution in [2.75, 3.05) is 13.3 Å². The first-order chi connectivity index (χ1) is 12.7. The van der Waals surface area contributed by atoms with E-state index in [0.29, 0.717) is 12.4 Å². The number of hydrogen-bond acceptors (Lipinski definition) is 4. The zero-order valence-corrected chi connectivity index (χ0v) is 16.8. The van der Waals surface area contributed by atoms with Crippen molar-refractivity contribution in [3.63, 3.8) is 0 Å². The minimum atomic E-state index is -0.485. The predicted molar refractivity (Wildman–Crippen MR) is 104 cm³/mol. The summed E-state index contributed by atoms with van der Waals surface area (Å²) in [5.41, 5.74) is 2.04. The van der Waals surface area contributed by atoms with E-state index in [2.05, 4.69) is 5.10 Å². The number of benzene rings is 1. The fraction of sp³-hybridized carbons (Fsp3) is 0.524. The summed E-state index contributed by atoms with van der Waals surface area (Å²) in [6.07, 6.45) is 1.72. The van der Waals surface area contributed by atoms with Crippen LogP contribution in [0.5, 0.6) is 5.75 Å². The lowest BCUT2D eigenvalue weighted by molar-refractivity contribution is 0.106. The maximum absolute atomic E-state index is 12.9. The smallest absolute Gasteiger partial charge is 0.271 e. The monoisotopic (exact) mass is 376 g/mol. The Kier molecular flexibility index (Phi) is 7.13. The molecule has 27 heavy (non-hydrogen) atoms. The first-order valence-electron chi connectivity index (χ1n) is 9.21. The summed E-state index contributed by atoms with van der Waals surface area (Å²) in [5.74, 6) is 0.765. The van der Waals surface area contributed by atoms with Crippen LogP contribution in [-0.4, -0.2) is 23.1 Å². The molecule has 6 heteroatoms. The normalized spacial score (nSPS) is 11.8. The highest BCUT2D eigenvalue weighted by Crippen LogP contribution is 2.20. The number of halogens is 1. The first kappa shape index (κ1) is 21.1. The molecule has 0 N–H and O–H groups in total. The van der Waals surface area contributed by atoms with E-state index in [1.165, 1.54) is 4.68 Å². The van der Waals surface area contributed by atoms with Gasteiger partial charge in [-0.05, 0) is 44.4 Å². The zero-order chi connectivity index (χ0) is 20.0. The molecule has 0 bridgehead atoms. The SMILES string of the molecule is CC(C)c1c(COc2ccc(COCCF)cc2)cnn(C(C)(C)C)c1=O. The molecular weight excluding hydrogens is 347 g/mol. The molecular formula is C21H29FN2O3. The second-order valence-corrected chi connectivity index (χ2v) is 7.80. The molecule has 0 radical (unpaired) electrons. The maximum Gasteiger partial charge on any atom is 0.271 e. The van der Waals surface area contributed by atoms with Crippen molar-refractivity contribution in [2.45, 2.75) is 59.3 Å². The average Bonchev–Trinajstić information content (AvgIpc) is 2.59. The molecule has 5 nitrogen and oxygen atoms in total. The van der Waals surface area contributed by atoms with Gasteiger partial charge in [0, 0.05) is 11.1 Å². The molecule has 2 rings (SSSR count). The molecule has 0 aliphatic rings. The molecule has 0 spiro atoms. The van der Waals surface area contributed by atoms with Crippen LogP contribution < -0.4 is 10.3 Å². The van der Waals surface area contributed by atoms with Gasteiger partial charge < -0.3 is 9.47 Å². The van der Waals surface area contributed by atoms with Gasteiger partial charge in [-0.3, -0.25) is 4.79 Å². The molecule has 0 atom stereocenters.